The molecule has 2 fully saturated rings. The van der Waals surface area contributed by atoms with Crippen molar-refractivity contribution in [2.24, 2.45) is 0 Å². The first-order valence-corrected chi connectivity index (χ1v) is 8.44. The molecule has 1 aromatic rings. The van der Waals surface area contributed by atoms with Crippen LogP contribution >= 0.6 is 0 Å². The molecule has 2 aliphatic heterocycles. The zero-order valence-electron chi connectivity index (χ0n) is 13.4. The number of anilines is 3. The van der Waals surface area contributed by atoms with Crippen LogP contribution in [0.1, 0.15) is 32.6 Å². The monoisotopic (exact) mass is 306 g/mol. The average Bonchev–Trinajstić information content (AvgIpc) is 3.10. The van der Waals surface area contributed by atoms with Crippen molar-refractivity contribution < 1.29 is 4.74 Å². The fourth-order valence-electron chi connectivity index (χ4n) is 2.77. The van der Waals surface area contributed by atoms with Crippen LogP contribution in [0, 0.1) is 0 Å². The first-order chi connectivity index (χ1) is 10.9. The molecule has 7 heteroatoms. The standard InChI is InChI=1S/C15H26N6O/c1-2-3-6-16-13-17-14(20-7-4-5-8-20)19-15(18-13)21-9-11-22-12-10-21/h2-12H2,1H3,(H,16,17,18,19). The third-order valence-electron chi connectivity index (χ3n) is 4.11. The molecule has 0 unspecified atom stereocenters. The second-order valence-corrected chi connectivity index (χ2v) is 5.83. The van der Waals surface area contributed by atoms with Gasteiger partial charge in [0.15, 0.2) is 0 Å². The first-order valence-electron chi connectivity index (χ1n) is 8.44. The molecule has 122 valence electrons. The van der Waals surface area contributed by atoms with E-state index < -0.39 is 0 Å². The van der Waals surface area contributed by atoms with Crippen molar-refractivity contribution in [2.75, 3.05) is 61.1 Å². The van der Waals surface area contributed by atoms with Gasteiger partial charge in [-0.25, -0.2) is 0 Å². The molecule has 0 radical (unpaired) electrons. The Morgan fingerprint density at radius 1 is 0.955 bits per heavy atom. The number of rotatable bonds is 6. The third-order valence-corrected chi connectivity index (χ3v) is 4.11. The number of hydrogen-bond acceptors (Lipinski definition) is 7. The first kappa shape index (κ1) is 15.3. The molecule has 1 N–H and O–H groups in total. The fourth-order valence-corrected chi connectivity index (χ4v) is 2.77. The van der Waals surface area contributed by atoms with Crippen LogP contribution in [0.2, 0.25) is 0 Å². The number of unbranched alkanes of at least 4 members (excludes halogenated alkanes) is 1. The highest BCUT2D eigenvalue weighted by Gasteiger charge is 2.20. The Labute approximate surface area is 132 Å². The molecule has 3 heterocycles. The van der Waals surface area contributed by atoms with Gasteiger partial charge in [-0.15, -0.1) is 0 Å². The van der Waals surface area contributed by atoms with E-state index in [1.807, 2.05) is 0 Å². The minimum absolute atomic E-state index is 0.701. The summed E-state index contributed by atoms with van der Waals surface area (Å²) < 4.78 is 5.42. The molecular formula is C15H26N6O. The lowest BCUT2D eigenvalue weighted by Gasteiger charge is -2.28. The number of hydrogen-bond donors (Lipinski definition) is 1. The highest BCUT2D eigenvalue weighted by Crippen LogP contribution is 2.21. The predicted molar refractivity (Wildman–Crippen MR) is 87.7 cm³/mol. The molecule has 2 saturated heterocycles. The summed E-state index contributed by atoms with van der Waals surface area (Å²) in [6.07, 6.45) is 4.72. The smallest absolute Gasteiger partial charge is 0.232 e. The van der Waals surface area contributed by atoms with Gasteiger partial charge in [-0.2, -0.15) is 15.0 Å². The lowest BCUT2D eigenvalue weighted by molar-refractivity contribution is 0.122. The molecule has 2 aliphatic rings. The maximum Gasteiger partial charge on any atom is 0.232 e. The van der Waals surface area contributed by atoms with E-state index in [0.29, 0.717) is 5.95 Å². The molecule has 3 rings (SSSR count). The quantitative estimate of drug-likeness (QED) is 0.799. The van der Waals surface area contributed by atoms with Gasteiger partial charge in [0.05, 0.1) is 13.2 Å². The van der Waals surface area contributed by atoms with Crippen LogP contribution in [0.4, 0.5) is 17.8 Å². The van der Waals surface area contributed by atoms with Crippen molar-refractivity contribution in [3.8, 4) is 0 Å². The van der Waals surface area contributed by atoms with Gasteiger partial charge in [0.25, 0.3) is 0 Å². The zero-order valence-corrected chi connectivity index (χ0v) is 13.4. The van der Waals surface area contributed by atoms with Crippen molar-refractivity contribution in [1.82, 2.24) is 15.0 Å². The van der Waals surface area contributed by atoms with Gasteiger partial charge in [0, 0.05) is 32.7 Å². The summed E-state index contributed by atoms with van der Waals surface area (Å²) in [4.78, 5) is 18.4. The molecule has 0 amide bonds. The van der Waals surface area contributed by atoms with E-state index in [0.717, 1.165) is 70.7 Å². The summed E-state index contributed by atoms with van der Waals surface area (Å²) in [5, 5.41) is 3.34. The lowest BCUT2D eigenvalue weighted by atomic mass is 10.3. The number of ether oxygens (including phenoxy) is 1. The maximum absolute atomic E-state index is 5.42. The van der Waals surface area contributed by atoms with Gasteiger partial charge >= 0.3 is 0 Å². The summed E-state index contributed by atoms with van der Waals surface area (Å²) in [5.74, 6) is 2.29. The lowest BCUT2D eigenvalue weighted by Crippen LogP contribution is -2.38. The van der Waals surface area contributed by atoms with Crippen LogP contribution in [0.25, 0.3) is 0 Å². The van der Waals surface area contributed by atoms with Gasteiger partial charge in [0.1, 0.15) is 0 Å². The maximum atomic E-state index is 5.42. The predicted octanol–water partition coefficient (Wildman–Crippen LogP) is 1.52. The topological polar surface area (TPSA) is 66.4 Å². The highest BCUT2D eigenvalue weighted by molar-refractivity contribution is 5.45. The minimum Gasteiger partial charge on any atom is -0.378 e. The summed E-state index contributed by atoms with van der Waals surface area (Å²) in [7, 11) is 0. The van der Waals surface area contributed by atoms with Crippen LogP contribution < -0.4 is 15.1 Å². The molecule has 0 aliphatic carbocycles. The summed E-state index contributed by atoms with van der Waals surface area (Å²) in [5.41, 5.74) is 0. The SMILES string of the molecule is CCCCNc1nc(N2CCCC2)nc(N2CCOCC2)n1. The van der Waals surface area contributed by atoms with E-state index in [4.69, 9.17) is 9.72 Å². The Hall–Kier alpha value is -1.63. The Kier molecular flexibility index (Phi) is 5.26. The number of nitrogens with one attached hydrogen (secondary N) is 1. The van der Waals surface area contributed by atoms with Crippen molar-refractivity contribution in [3.63, 3.8) is 0 Å². The Bertz CT molecular complexity index is 471. The molecule has 0 saturated carbocycles. The van der Waals surface area contributed by atoms with E-state index in [9.17, 15) is 0 Å². The van der Waals surface area contributed by atoms with E-state index >= 15 is 0 Å². The van der Waals surface area contributed by atoms with Crippen LogP contribution in [0.5, 0.6) is 0 Å². The number of aromatic nitrogens is 3. The molecule has 0 spiro atoms. The summed E-state index contributed by atoms with van der Waals surface area (Å²) in [6, 6.07) is 0. The minimum atomic E-state index is 0.701. The third kappa shape index (κ3) is 3.76. The van der Waals surface area contributed by atoms with Crippen LogP contribution in [0.15, 0.2) is 0 Å². The second-order valence-electron chi connectivity index (χ2n) is 5.83. The van der Waals surface area contributed by atoms with E-state index in [1.165, 1.54) is 12.8 Å². The highest BCUT2D eigenvalue weighted by atomic mass is 16.5. The number of nitrogens with zero attached hydrogens (tertiary/aromatic N) is 5. The largest absolute Gasteiger partial charge is 0.378 e. The average molecular weight is 306 g/mol. The van der Waals surface area contributed by atoms with Gasteiger partial charge in [0.2, 0.25) is 17.8 Å². The van der Waals surface area contributed by atoms with Gasteiger partial charge in [-0.1, -0.05) is 13.3 Å². The summed E-state index contributed by atoms with van der Waals surface area (Å²) >= 11 is 0. The van der Waals surface area contributed by atoms with Crippen molar-refractivity contribution in [2.45, 2.75) is 32.6 Å². The second kappa shape index (κ2) is 7.58. The van der Waals surface area contributed by atoms with Gasteiger partial charge < -0.3 is 19.9 Å². The molecule has 22 heavy (non-hydrogen) atoms. The molecular weight excluding hydrogens is 280 g/mol. The van der Waals surface area contributed by atoms with Crippen LogP contribution in [0.3, 0.4) is 0 Å². The molecule has 7 nitrogen and oxygen atoms in total. The summed E-state index contributed by atoms with van der Waals surface area (Å²) in [6.45, 7) is 8.34. The van der Waals surface area contributed by atoms with Crippen molar-refractivity contribution in [1.29, 1.82) is 0 Å². The van der Waals surface area contributed by atoms with Crippen LogP contribution in [-0.2, 0) is 4.74 Å². The molecule has 0 bridgehead atoms. The van der Waals surface area contributed by atoms with Crippen LogP contribution in [-0.4, -0.2) is 60.9 Å². The number of morpholine rings is 1. The Morgan fingerprint density at radius 3 is 2.23 bits per heavy atom. The van der Waals surface area contributed by atoms with E-state index in [-0.39, 0.29) is 0 Å². The molecule has 0 atom stereocenters. The Balaban J connectivity index is 1.79. The van der Waals surface area contributed by atoms with Gasteiger partial charge in [-0.3, -0.25) is 0 Å². The fraction of sp³-hybridized carbons (Fsp3) is 0.800. The van der Waals surface area contributed by atoms with E-state index in [1.54, 1.807) is 0 Å². The van der Waals surface area contributed by atoms with Crippen molar-refractivity contribution >= 4 is 17.8 Å². The normalized spacial score (nSPS) is 18.8. The Morgan fingerprint density at radius 2 is 1.59 bits per heavy atom. The molecule has 0 aromatic carbocycles. The zero-order chi connectivity index (χ0) is 15.2. The van der Waals surface area contributed by atoms with Gasteiger partial charge in [-0.05, 0) is 19.3 Å². The van der Waals surface area contributed by atoms with Crippen molar-refractivity contribution in [3.05, 3.63) is 0 Å². The van der Waals surface area contributed by atoms with E-state index in [2.05, 4.69) is 32.0 Å². The molecule has 1 aromatic heterocycles.